The molecule has 3 rings (SSSR count). The molecular formula is C17H19N5O2. The van der Waals surface area contributed by atoms with Crippen molar-refractivity contribution in [1.82, 2.24) is 19.7 Å². The Kier molecular flexibility index (Phi) is 4.60. The molecule has 24 heavy (non-hydrogen) atoms. The number of methoxy groups -OCH3 is 2. The Bertz CT molecular complexity index is 792. The van der Waals surface area contributed by atoms with E-state index in [2.05, 4.69) is 20.5 Å². The van der Waals surface area contributed by atoms with Gasteiger partial charge in [-0.2, -0.15) is 0 Å². The van der Waals surface area contributed by atoms with Gasteiger partial charge in [0.25, 0.3) is 0 Å². The molecule has 0 atom stereocenters. The van der Waals surface area contributed by atoms with Crippen LogP contribution in [-0.4, -0.2) is 34.0 Å². The molecule has 0 amide bonds. The first-order valence-corrected chi connectivity index (χ1v) is 7.48. The van der Waals surface area contributed by atoms with E-state index in [0.29, 0.717) is 12.4 Å². The molecule has 7 nitrogen and oxygen atoms in total. The van der Waals surface area contributed by atoms with Crippen LogP contribution in [0.25, 0.3) is 11.5 Å². The van der Waals surface area contributed by atoms with E-state index >= 15 is 0 Å². The van der Waals surface area contributed by atoms with E-state index in [1.807, 2.05) is 48.1 Å². The summed E-state index contributed by atoms with van der Waals surface area (Å²) in [5, 5.41) is 11.7. The van der Waals surface area contributed by atoms with Crippen molar-refractivity contribution >= 4 is 5.82 Å². The number of benzene rings is 1. The summed E-state index contributed by atoms with van der Waals surface area (Å²) >= 11 is 0. The zero-order valence-corrected chi connectivity index (χ0v) is 13.9. The summed E-state index contributed by atoms with van der Waals surface area (Å²) in [5.41, 5.74) is 1.65. The van der Waals surface area contributed by atoms with Gasteiger partial charge in [-0.05, 0) is 24.3 Å². The number of imidazole rings is 1. The quantitative estimate of drug-likeness (QED) is 0.750. The van der Waals surface area contributed by atoms with Crippen molar-refractivity contribution in [3.8, 4) is 23.0 Å². The summed E-state index contributed by atoms with van der Waals surface area (Å²) in [4.78, 5) is 4.26. The highest BCUT2D eigenvalue weighted by molar-refractivity contribution is 5.52. The van der Waals surface area contributed by atoms with Crippen LogP contribution in [0.5, 0.6) is 11.5 Å². The van der Waals surface area contributed by atoms with E-state index in [9.17, 15) is 0 Å². The minimum absolute atomic E-state index is 0.517. The fourth-order valence-electron chi connectivity index (χ4n) is 2.44. The number of aryl methyl sites for hydroxylation is 1. The number of ether oxygens (including phenoxy) is 2. The number of rotatable bonds is 6. The summed E-state index contributed by atoms with van der Waals surface area (Å²) in [6.07, 6.45) is 3.61. The molecule has 0 aliphatic rings. The maximum Gasteiger partial charge on any atom is 0.160 e. The fraction of sp³-hybridized carbons (Fsp3) is 0.235. The number of hydrogen-bond acceptors (Lipinski definition) is 6. The van der Waals surface area contributed by atoms with Gasteiger partial charge < -0.3 is 19.4 Å². The van der Waals surface area contributed by atoms with Gasteiger partial charge >= 0.3 is 0 Å². The van der Waals surface area contributed by atoms with Crippen LogP contribution in [-0.2, 0) is 13.6 Å². The maximum atomic E-state index is 5.39. The lowest BCUT2D eigenvalue weighted by atomic mass is 10.1. The summed E-state index contributed by atoms with van der Waals surface area (Å²) in [7, 11) is 5.20. The van der Waals surface area contributed by atoms with E-state index in [0.717, 1.165) is 28.6 Å². The third kappa shape index (κ3) is 3.15. The highest BCUT2D eigenvalue weighted by Crippen LogP contribution is 2.28. The van der Waals surface area contributed by atoms with Crippen molar-refractivity contribution in [2.75, 3.05) is 19.5 Å². The predicted molar refractivity (Wildman–Crippen MR) is 91.1 cm³/mol. The van der Waals surface area contributed by atoms with Gasteiger partial charge in [-0.1, -0.05) is 6.07 Å². The molecule has 2 heterocycles. The maximum absolute atomic E-state index is 5.39. The molecule has 0 saturated heterocycles. The summed E-state index contributed by atoms with van der Waals surface area (Å²) in [6, 6.07) is 9.45. The Hall–Kier alpha value is -3.09. The minimum atomic E-state index is 0.517. The number of anilines is 1. The minimum Gasteiger partial charge on any atom is -0.496 e. The van der Waals surface area contributed by atoms with Crippen LogP contribution >= 0.6 is 0 Å². The van der Waals surface area contributed by atoms with Gasteiger partial charge in [0.1, 0.15) is 23.0 Å². The summed E-state index contributed by atoms with van der Waals surface area (Å²) in [5.74, 6) is 2.97. The number of nitrogens with zero attached hydrogens (tertiary/aromatic N) is 4. The lowest BCUT2D eigenvalue weighted by Gasteiger charge is -2.13. The van der Waals surface area contributed by atoms with E-state index in [1.54, 1.807) is 20.4 Å². The van der Waals surface area contributed by atoms with Crippen LogP contribution in [0.15, 0.2) is 42.7 Å². The number of aromatic nitrogens is 4. The molecular weight excluding hydrogens is 306 g/mol. The van der Waals surface area contributed by atoms with Crippen LogP contribution in [0.2, 0.25) is 0 Å². The topological polar surface area (TPSA) is 74.1 Å². The molecule has 0 fully saturated rings. The third-order valence-corrected chi connectivity index (χ3v) is 3.69. The van der Waals surface area contributed by atoms with E-state index < -0.39 is 0 Å². The smallest absolute Gasteiger partial charge is 0.160 e. The van der Waals surface area contributed by atoms with Gasteiger partial charge in [0, 0.05) is 26.0 Å². The van der Waals surface area contributed by atoms with Crippen molar-refractivity contribution in [1.29, 1.82) is 0 Å². The van der Waals surface area contributed by atoms with Gasteiger partial charge in [0.2, 0.25) is 0 Å². The lowest BCUT2D eigenvalue weighted by Crippen LogP contribution is -2.06. The normalized spacial score (nSPS) is 10.5. The van der Waals surface area contributed by atoms with Gasteiger partial charge in [-0.3, -0.25) is 0 Å². The third-order valence-electron chi connectivity index (χ3n) is 3.69. The average molecular weight is 325 g/mol. The second-order valence-corrected chi connectivity index (χ2v) is 5.16. The van der Waals surface area contributed by atoms with Gasteiger partial charge in [0.05, 0.1) is 19.8 Å². The Morgan fingerprint density at radius 1 is 1.04 bits per heavy atom. The van der Waals surface area contributed by atoms with E-state index in [1.165, 1.54) is 0 Å². The molecule has 3 aromatic rings. The Labute approximate surface area is 140 Å². The van der Waals surface area contributed by atoms with Crippen LogP contribution < -0.4 is 14.8 Å². The van der Waals surface area contributed by atoms with Gasteiger partial charge in [0.15, 0.2) is 5.82 Å². The molecule has 0 saturated carbocycles. The van der Waals surface area contributed by atoms with Crippen molar-refractivity contribution in [2.24, 2.45) is 7.05 Å². The number of hydrogen-bond donors (Lipinski definition) is 1. The monoisotopic (exact) mass is 325 g/mol. The molecule has 2 aromatic heterocycles. The Morgan fingerprint density at radius 2 is 1.79 bits per heavy atom. The SMILES string of the molecule is COc1cccc(OC)c1CNc1ccc(-c2nccn2C)nn1. The predicted octanol–water partition coefficient (Wildman–Crippen LogP) is 2.51. The molecule has 124 valence electrons. The second-order valence-electron chi connectivity index (χ2n) is 5.16. The van der Waals surface area contributed by atoms with Crippen LogP contribution in [0, 0.1) is 0 Å². The average Bonchev–Trinajstić information content (AvgIpc) is 3.06. The second kappa shape index (κ2) is 6.99. The fourth-order valence-corrected chi connectivity index (χ4v) is 2.44. The highest BCUT2D eigenvalue weighted by atomic mass is 16.5. The Morgan fingerprint density at radius 3 is 2.33 bits per heavy atom. The van der Waals surface area contributed by atoms with Gasteiger partial charge in [-0.15, -0.1) is 10.2 Å². The first-order valence-electron chi connectivity index (χ1n) is 7.48. The first kappa shape index (κ1) is 15.8. The first-order chi connectivity index (χ1) is 11.7. The highest BCUT2D eigenvalue weighted by Gasteiger charge is 2.10. The molecule has 0 radical (unpaired) electrons. The molecule has 0 aliphatic heterocycles. The van der Waals surface area contributed by atoms with Crippen LogP contribution in [0.3, 0.4) is 0 Å². The van der Waals surface area contributed by atoms with E-state index in [-0.39, 0.29) is 0 Å². The lowest BCUT2D eigenvalue weighted by molar-refractivity contribution is 0.386. The zero-order chi connectivity index (χ0) is 16.9. The van der Waals surface area contributed by atoms with Crippen molar-refractivity contribution in [2.45, 2.75) is 6.54 Å². The van der Waals surface area contributed by atoms with Crippen LogP contribution in [0.1, 0.15) is 5.56 Å². The number of nitrogens with one attached hydrogen (secondary N) is 1. The molecule has 0 unspecified atom stereocenters. The molecule has 7 heteroatoms. The van der Waals surface area contributed by atoms with Crippen molar-refractivity contribution in [3.63, 3.8) is 0 Å². The largest absolute Gasteiger partial charge is 0.496 e. The Balaban J connectivity index is 1.75. The van der Waals surface area contributed by atoms with Gasteiger partial charge in [-0.25, -0.2) is 4.98 Å². The molecule has 0 aliphatic carbocycles. The molecule has 0 spiro atoms. The molecule has 1 aromatic carbocycles. The summed E-state index contributed by atoms with van der Waals surface area (Å²) in [6.45, 7) is 0.517. The van der Waals surface area contributed by atoms with E-state index in [4.69, 9.17) is 9.47 Å². The molecule has 1 N–H and O–H groups in total. The zero-order valence-electron chi connectivity index (χ0n) is 13.9. The standard InChI is InChI=1S/C17H19N5O2/c1-22-10-9-18-17(22)13-7-8-16(21-20-13)19-11-12-14(23-2)5-4-6-15(12)24-3/h4-10H,11H2,1-3H3,(H,19,21). The van der Waals surface area contributed by atoms with Crippen molar-refractivity contribution in [3.05, 3.63) is 48.3 Å². The summed E-state index contributed by atoms with van der Waals surface area (Å²) < 4.78 is 12.7. The molecule has 0 bridgehead atoms. The van der Waals surface area contributed by atoms with Crippen LogP contribution in [0.4, 0.5) is 5.82 Å². The van der Waals surface area contributed by atoms with Crippen molar-refractivity contribution < 1.29 is 9.47 Å².